The van der Waals surface area contributed by atoms with Gasteiger partial charge in [0, 0.05) is 0 Å². The van der Waals surface area contributed by atoms with E-state index in [1.54, 1.807) is 6.07 Å². The molecule has 1 saturated heterocycles. The van der Waals surface area contributed by atoms with E-state index >= 15 is 0 Å². The number of aromatic hydroxyl groups is 1. The molecular formula is C9H7IN2O3. The van der Waals surface area contributed by atoms with Gasteiger partial charge >= 0.3 is 6.03 Å². The zero-order valence-corrected chi connectivity index (χ0v) is 9.69. The number of halogens is 1. The SMILES string of the molecule is O=C1CNC(=O)N1c1ccc(O)c(I)c1. The number of carbonyl (C=O) groups is 2. The zero-order valence-electron chi connectivity index (χ0n) is 7.53. The summed E-state index contributed by atoms with van der Waals surface area (Å²) >= 11 is 1.93. The molecule has 1 heterocycles. The lowest BCUT2D eigenvalue weighted by Crippen LogP contribution is -2.30. The number of amides is 3. The Labute approximate surface area is 99.2 Å². The van der Waals surface area contributed by atoms with Crippen molar-refractivity contribution in [2.45, 2.75) is 0 Å². The van der Waals surface area contributed by atoms with Gasteiger partial charge in [0.2, 0.25) is 0 Å². The third kappa shape index (κ3) is 1.76. The van der Waals surface area contributed by atoms with E-state index in [0.717, 1.165) is 4.90 Å². The maximum atomic E-state index is 11.4. The Bertz CT molecular complexity index is 431. The van der Waals surface area contributed by atoms with Crippen LogP contribution in [0.4, 0.5) is 10.5 Å². The molecule has 0 radical (unpaired) electrons. The molecule has 15 heavy (non-hydrogen) atoms. The molecule has 0 unspecified atom stereocenters. The van der Waals surface area contributed by atoms with E-state index in [0.29, 0.717) is 9.26 Å². The molecule has 78 valence electrons. The second-order valence-electron chi connectivity index (χ2n) is 3.02. The van der Waals surface area contributed by atoms with E-state index in [1.165, 1.54) is 12.1 Å². The van der Waals surface area contributed by atoms with Crippen LogP contribution in [-0.4, -0.2) is 23.6 Å². The molecule has 0 spiro atoms. The van der Waals surface area contributed by atoms with Crippen LogP contribution in [0.15, 0.2) is 18.2 Å². The maximum Gasteiger partial charge on any atom is 0.329 e. The Hall–Kier alpha value is -1.31. The van der Waals surface area contributed by atoms with Crippen molar-refractivity contribution in [3.8, 4) is 5.75 Å². The van der Waals surface area contributed by atoms with Gasteiger partial charge < -0.3 is 10.4 Å². The third-order valence-electron chi connectivity index (χ3n) is 2.03. The molecule has 0 atom stereocenters. The minimum absolute atomic E-state index is 0.0241. The number of phenolic OH excluding ortho intramolecular Hbond substituents is 1. The van der Waals surface area contributed by atoms with Gasteiger partial charge in [0.15, 0.2) is 0 Å². The predicted molar refractivity (Wildman–Crippen MR) is 61.7 cm³/mol. The monoisotopic (exact) mass is 318 g/mol. The lowest BCUT2D eigenvalue weighted by Gasteiger charge is -2.12. The predicted octanol–water partition coefficient (Wildman–Crippen LogP) is 1.05. The fourth-order valence-corrected chi connectivity index (χ4v) is 1.82. The standard InChI is InChI=1S/C9H7IN2O3/c10-6-3-5(1-2-7(6)13)12-8(14)4-11-9(12)15/h1-3,13H,4H2,(H,11,15). The van der Waals surface area contributed by atoms with Crippen LogP contribution < -0.4 is 10.2 Å². The largest absolute Gasteiger partial charge is 0.507 e. The second kappa shape index (κ2) is 3.69. The summed E-state index contributed by atoms with van der Waals surface area (Å²) in [5.41, 5.74) is 0.470. The smallest absolute Gasteiger partial charge is 0.329 e. The lowest BCUT2D eigenvalue weighted by atomic mass is 10.3. The zero-order chi connectivity index (χ0) is 11.0. The van der Waals surface area contributed by atoms with E-state index in [-0.39, 0.29) is 18.2 Å². The minimum atomic E-state index is -0.429. The summed E-state index contributed by atoms with van der Waals surface area (Å²) in [7, 11) is 0. The fourth-order valence-electron chi connectivity index (χ4n) is 1.32. The topological polar surface area (TPSA) is 69.6 Å². The number of nitrogens with one attached hydrogen (secondary N) is 1. The Balaban J connectivity index is 2.41. The lowest BCUT2D eigenvalue weighted by molar-refractivity contribution is -0.115. The number of anilines is 1. The highest BCUT2D eigenvalue weighted by Crippen LogP contribution is 2.26. The molecule has 0 saturated carbocycles. The molecule has 0 aliphatic carbocycles. The quantitative estimate of drug-likeness (QED) is 0.601. The summed E-state index contributed by atoms with van der Waals surface area (Å²) in [6.07, 6.45) is 0. The molecule has 5 nitrogen and oxygen atoms in total. The fraction of sp³-hybridized carbons (Fsp3) is 0.111. The summed E-state index contributed by atoms with van der Waals surface area (Å²) in [5.74, 6) is -0.159. The number of benzene rings is 1. The molecule has 0 aromatic heterocycles. The van der Waals surface area contributed by atoms with Gasteiger partial charge in [0.25, 0.3) is 5.91 Å². The molecule has 2 rings (SSSR count). The summed E-state index contributed by atoms with van der Waals surface area (Å²) in [6, 6.07) is 4.14. The van der Waals surface area contributed by atoms with Crippen molar-refractivity contribution in [1.29, 1.82) is 0 Å². The average Bonchev–Trinajstić information content (AvgIpc) is 2.52. The summed E-state index contributed by atoms with van der Waals surface area (Å²) in [5, 5.41) is 11.7. The minimum Gasteiger partial charge on any atom is -0.507 e. The average molecular weight is 318 g/mol. The van der Waals surface area contributed by atoms with Crippen LogP contribution in [0.5, 0.6) is 5.75 Å². The molecule has 2 N–H and O–H groups in total. The van der Waals surface area contributed by atoms with Crippen LogP contribution in [0.3, 0.4) is 0 Å². The number of hydrogen-bond acceptors (Lipinski definition) is 3. The van der Waals surface area contributed by atoms with Crippen LogP contribution in [0.2, 0.25) is 0 Å². The number of phenols is 1. The number of nitrogens with zero attached hydrogens (tertiary/aromatic N) is 1. The summed E-state index contributed by atoms with van der Waals surface area (Å²) < 4.78 is 0.595. The van der Waals surface area contributed by atoms with Crippen molar-refractivity contribution >= 4 is 40.2 Å². The molecule has 1 aliphatic rings. The van der Waals surface area contributed by atoms with E-state index in [2.05, 4.69) is 5.32 Å². The van der Waals surface area contributed by atoms with Crippen molar-refractivity contribution in [2.75, 3.05) is 11.4 Å². The van der Waals surface area contributed by atoms with E-state index in [4.69, 9.17) is 0 Å². The number of hydrogen-bond donors (Lipinski definition) is 2. The van der Waals surface area contributed by atoms with E-state index in [1.807, 2.05) is 22.6 Å². The molecular weight excluding hydrogens is 311 g/mol. The Kier molecular flexibility index (Phi) is 2.51. The first kappa shape index (κ1) is 10.2. The Morgan fingerprint density at radius 1 is 1.40 bits per heavy atom. The first-order valence-corrected chi connectivity index (χ1v) is 5.27. The van der Waals surface area contributed by atoms with Crippen molar-refractivity contribution < 1.29 is 14.7 Å². The van der Waals surface area contributed by atoms with E-state index in [9.17, 15) is 14.7 Å². The van der Waals surface area contributed by atoms with Gasteiger partial charge in [-0.2, -0.15) is 0 Å². The number of imide groups is 1. The second-order valence-corrected chi connectivity index (χ2v) is 4.19. The first-order valence-electron chi connectivity index (χ1n) is 4.19. The van der Waals surface area contributed by atoms with Crippen molar-refractivity contribution in [1.82, 2.24) is 5.32 Å². The number of urea groups is 1. The van der Waals surface area contributed by atoms with Gasteiger partial charge in [0.05, 0.1) is 15.8 Å². The summed E-state index contributed by atoms with van der Waals surface area (Å²) in [4.78, 5) is 23.7. The van der Waals surface area contributed by atoms with Gasteiger partial charge in [-0.05, 0) is 40.8 Å². The molecule has 0 bridgehead atoms. The number of carbonyl (C=O) groups excluding carboxylic acids is 2. The van der Waals surface area contributed by atoms with Crippen molar-refractivity contribution in [3.63, 3.8) is 0 Å². The highest BCUT2D eigenvalue weighted by Gasteiger charge is 2.30. The van der Waals surface area contributed by atoms with Crippen LogP contribution in [0.25, 0.3) is 0 Å². The van der Waals surface area contributed by atoms with E-state index < -0.39 is 6.03 Å². The third-order valence-corrected chi connectivity index (χ3v) is 2.90. The van der Waals surface area contributed by atoms with Gasteiger partial charge in [-0.3, -0.25) is 4.79 Å². The Morgan fingerprint density at radius 3 is 2.67 bits per heavy atom. The van der Waals surface area contributed by atoms with Gasteiger partial charge in [-0.25, -0.2) is 9.69 Å². The molecule has 1 aromatic rings. The van der Waals surface area contributed by atoms with Gasteiger partial charge in [-0.15, -0.1) is 0 Å². The first-order chi connectivity index (χ1) is 7.09. The van der Waals surface area contributed by atoms with Crippen LogP contribution in [-0.2, 0) is 4.79 Å². The van der Waals surface area contributed by atoms with Gasteiger partial charge in [0.1, 0.15) is 5.75 Å². The number of rotatable bonds is 1. The van der Waals surface area contributed by atoms with Crippen LogP contribution in [0, 0.1) is 3.57 Å². The normalized spacial score (nSPS) is 15.7. The molecule has 6 heteroatoms. The molecule has 1 aliphatic heterocycles. The highest BCUT2D eigenvalue weighted by molar-refractivity contribution is 14.1. The van der Waals surface area contributed by atoms with Crippen molar-refractivity contribution in [3.05, 3.63) is 21.8 Å². The highest BCUT2D eigenvalue weighted by atomic mass is 127. The Morgan fingerprint density at radius 2 is 2.13 bits per heavy atom. The molecule has 1 aromatic carbocycles. The van der Waals surface area contributed by atoms with Crippen LogP contribution in [0.1, 0.15) is 0 Å². The van der Waals surface area contributed by atoms with Crippen molar-refractivity contribution in [2.24, 2.45) is 0 Å². The maximum absolute atomic E-state index is 11.4. The summed E-state index contributed by atoms with van der Waals surface area (Å²) in [6.45, 7) is 0.0241. The molecule has 3 amide bonds. The molecule has 1 fully saturated rings. The van der Waals surface area contributed by atoms with Gasteiger partial charge in [-0.1, -0.05) is 0 Å². The van der Waals surface area contributed by atoms with Crippen LogP contribution >= 0.6 is 22.6 Å².